The van der Waals surface area contributed by atoms with E-state index < -0.39 is 11.8 Å². The third kappa shape index (κ3) is 3.17. The van der Waals surface area contributed by atoms with E-state index in [1.54, 1.807) is 28.0 Å². The van der Waals surface area contributed by atoms with Crippen molar-refractivity contribution in [1.29, 1.82) is 0 Å². The number of piperidine rings is 1. The molecule has 3 atom stereocenters. The average Bonchev–Trinajstić information content (AvgIpc) is 3.16. The minimum atomic E-state index is -0.629. The third-order valence-corrected chi connectivity index (χ3v) is 8.23. The fourth-order valence-corrected chi connectivity index (χ4v) is 6.37. The lowest BCUT2D eigenvalue weighted by Gasteiger charge is -2.47. The largest absolute Gasteiger partial charge is 0.389 e. The van der Waals surface area contributed by atoms with Gasteiger partial charge in [-0.05, 0) is 37.5 Å². The van der Waals surface area contributed by atoms with Crippen molar-refractivity contribution in [3.05, 3.63) is 65.2 Å². The van der Waals surface area contributed by atoms with Crippen LogP contribution in [0.15, 0.2) is 48.5 Å². The van der Waals surface area contributed by atoms with Crippen molar-refractivity contribution in [3.8, 4) is 0 Å². The number of amides is 3. The van der Waals surface area contributed by atoms with Gasteiger partial charge in [0.05, 0.1) is 16.9 Å². The number of aliphatic hydroxyl groups is 1. The van der Waals surface area contributed by atoms with E-state index in [9.17, 15) is 19.5 Å². The third-order valence-electron chi connectivity index (χ3n) is 8.23. The maximum Gasteiger partial charge on any atom is 0.260 e. The van der Waals surface area contributed by atoms with E-state index in [1.807, 2.05) is 35.2 Å². The highest BCUT2D eigenvalue weighted by Crippen LogP contribution is 2.45. The Kier molecular flexibility index (Phi) is 4.99. The van der Waals surface area contributed by atoms with Gasteiger partial charge in [0.25, 0.3) is 11.8 Å². The van der Waals surface area contributed by atoms with Gasteiger partial charge in [0.15, 0.2) is 0 Å². The monoisotopic (exact) mass is 459 g/mol. The number of fused-ring (bicyclic) bond motifs is 6. The summed E-state index contributed by atoms with van der Waals surface area (Å²) < 4.78 is 0. The van der Waals surface area contributed by atoms with Crippen LogP contribution in [0, 0.1) is 5.92 Å². The maximum absolute atomic E-state index is 13.5. The summed E-state index contributed by atoms with van der Waals surface area (Å²) in [6.45, 7) is 1.38. The second kappa shape index (κ2) is 7.94. The van der Waals surface area contributed by atoms with Crippen molar-refractivity contribution in [1.82, 2.24) is 9.80 Å². The second-order valence-electron chi connectivity index (χ2n) is 10.0. The molecule has 3 amide bonds. The number of carbonyl (C=O) groups excluding carboxylic acids is 3. The average molecular weight is 460 g/mol. The second-order valence-corrected chi connectivity index (χ2v) is 10.0. The number of nitrogens with zero attached hydrogens (tertiary/aromatic N) is 3. The summed E-state index contributed by atoms with van der Waals surface area (Å²) in [5.41, 5.74) is 1.87. The molecule has 6 rings (SSSR count). The van der Waals surface area contributed by atoms with Gasteiger partial charge in [-0.25, -0.2) is 0 Å². The first kappa shape index (κ1) is 21.4. The lowest BCUT2D eigenvalue weighted by atomic mass is 9.71. The van der Waals surface area contributed by atoms with Gasteiger partial charge in [-0.3, -0.25) is 19.3 Å². The van der Waals surface area contributed by atoms with E-state index >= 15 is 0 Å². The van der Waals surface area contributed by atoms with Crippen LogP contribution in [0.25, 0.3) is 0 Å². The Balaban J connectivity index is 1.25. The first-order chi connectivity index (χ1) is 16.5. The zero-order valence-corrected chi connectivity index (χ0v) is 19.2. The van der Waals surface area contributed by atoms with Gasteiger partial charge >= 0.3 is 0 Å². The Morgan fingerprint density at radius 3 is 2.59 bits per heavy atom. The summed E-state index contributed by atoms with van der Waals surface area (Å²) in [5, 5.41) is 10.9. The molecule has 3 aliphatic heterocycles. The maximum atomic E-state index is 13.5. The summed E-state index contributed by atoms with van der Waals surface area (Å²) >= 11 is 0. The van der Waals surface area contributed by atoms with Gasteiger partial charge in [-0.1, -0.05) is 43.2 Å². The smallest absolute Gasteiger partial charge is 0.260 e. The number of anilines is 1. The molecule has 0 radical (unpaired) electrons. The minimum absolute atomic E-state index is 0.00319. The van der Waals surface area contributed by atoms with Gasteiger partial charge in [-0.15, -0.1) is 0 Å². The fraction of sp³-hybridized carbons (Fsp3) is 0.444. The summed E-state index contributed by atoms with van der Waals surface area (Å²) in [7, 11) is 0. The predicted octanol–water partition coefficient (Wildman–Crippen LogP) is 3.35. The summed E-state index contributed by atoms with van der Waals surface area (Å²) in [6.07, 6.45) is 4.21. The van der Waals surface area contributed by atoms with Crippen molar-refractivity contribution in [2.24, 2.45) is 5.92 Å². The van der Waals surface area contributed by atoms with Crippen LogP contribution in [0.5, 0.6) is 0 Å². The fourth-order valence-electron chi connectivity index (χ4n) is 6.37. The van der Waals surface area contributed by atoms with Crippen molar-refractivity contribution in [2.45, 2.75) is 50.3 Å². The van der Waals surface area contributed by atoms with Crippen LogP contribution in [0.4, 0.5) is 5.69 Å². The van der Waals surface area contributed by atoms with Crippen LogP contribution in [0.2, 0.25) is 0 Å². The van der Waals surface area contributed by atoms with E-state index in [0.29, 0.717) is 36.3 Å². The van der Waals surface area contributed by atoms with Gasteiger partial charge in [0.1, 0.15) is 6.17 Å². The number of hydrogen-bond acceptors (Lipinski definition) is 4. The highest BCUT2D eigenvalue weighted by atomic mass is 16.3. The molecule has 1 saturated carbocycles. The summed E-state index contributed by atoms with van der Waals surface area (Å²) in [4.78, 5) is 45.2. The molecular weight excluding hydrogens is 430 g/mol. The number of carbonyl (C=O) groups is 3. The topological polar surface area (TPSA) is 81.2 Å². The van der Waals surface area contributed by atoms with Crippen molar-refractivity contribution in [3.63, 3.8) is 0 Å². The van der Waals surface area contributed by atoms with Crippen molar-refractivity contribution >= 4 is 23.4 Å². The SMILES string of the molecule is O=C(CCN1C(=O)c2ccccc2N2C(=O)c3ccccc3C12)N1CCC2(O)CCCCC2C1. The number of para-hydroxylation sites is 1. The molecule has 176 valence electrons. The Bertz CT molecular complexity index is 1180. The molecular formula is C27H29N3O4. The molecule has 2 aromatic rings. The number of likely N-dealkylation sites (tertiary alicyclic amines) is 1. The first-order valence-corrected chi connectivity index (χ1v) is 12.3. The van der Waals surface area contributed by atoms with E-state index in [2.05, 4.69) is 0 Å². The molecule has 2 fully saturated rings. The van der Waals surface area contributed by atoms with Gasteiger partial charge in [0, 0.05) is 43.1 Å². The molecule has 1 saturated heterocycles. The standard InChI is InChI=1S/C27H29N3O4/c31-23(28-16-14-27(34)13-6-5-7-18(27)17-28)12-15-29-24-19-8-1-2-9-20(19)26(33)30(24)22-11-4-3-10-21(22)25(29)32/h1-4,8-11,18,24,34H,5-7,12-17H2. The molecule has 2 aromatic carbocycles. The minimum Gasteiger partial charge on any atom is -0.389 e. The van der Waals surface area contributed by atoms with Crippen LogP contribution >= 0.6 is 0 Å². The van der Waals surface area contributed by atoms with E-state index in [1.165, 1.54) is 0 Å². The molecule has 34 heavy (non-hydrogen) atoms. The van der Waals surface area contributed by atoms with Gasteiger partial charge in [0.2, 0.25) is 5.91 Å². The molecule has 3 heterocycles. The van der Waals surface area contributed by atoms with Crippen molar-refractivity contribution in [2.75, 3.05) is 24.5 Å². The molecule has 1 N–H and O–H groups in total. The molecule has 7 nitrogen and oxygen atoms in total. The highest BCUT2D eigenvalue weighted by Gasteiger charge is 2.48. The molecule has 0 bridgehead atoms. The highest BCUT2D eigenvalue weighted by molar-refractivity contribution is 6.16. The molecule has 0 spiro atoms. The molecule has 1 aliphatic carbocycles. The van der Waals surface area contributed by atoms with Gasteiger partial charge in [-0.2, -0.15) is 0 Å². The Labute approximate surface area is 198 Å². The lowest BCUT2D eigenvalue weighted by molar-refractivity contribution is -0.143. The van der Waals surface area contributed by atoms with Crippen LogP contribution in [0.3, 0.4) is 0 Å². The lowest BCUT2D eigenvalue weighted by Crippen LogP contribution is -2.55. The molecule has 4 aliphatic rings. The zero-order chi connectivity index (χ0) is 23.4. The first-order valence-electron chi connectivity index (χ1n) is 12.3. The zero-order valence-electron chi connectivity index (χ0n) is 19.2. The van der Waals surface area contributed by atoms with E-state index in [4.69, 9.17) is 0 Å². The van der Waals surface area contributed by atoms with E-state index in [-0.39, 0.29) is 36.6 Å². The van der Waals surface area contributed by atoms with Crippen LogP contribution < -0.4 is 4.90 Å². The molecule has 3 unspecified atom stereocenters. The quantitative estimate of drug-likeness (QED) is 0.763. The normalized spacial score (nSPS) is 27.7. The van der Waals surface area contributed by atoms with Gasteiger partial charge < -0.3 is 14.9 Å². The molecule has 7 heteroatoms. The Morgan fingerprint density at radius 1 is 0.971 bits per heavy atom. The molecule has 0 aromatic heterocycles. The summed E-state index contributed by atoms with van der Waals surface area (Å²) in [6, 6.07) is 14.6. The number of benzene rings is 2. The van der Waals surface area contributed by atoms with Crippen LogP contribution in [0.1, 0.15) is 71.0 Å². The van der Waals surface area contributed by atoms with Crippen molar-refractivity contribution < 1.29 is 19.5 Å². The van der Waals surface area contributed by atoms with Crippen LogP contribution in [-0.4, -0.2) is 57.9 Å². The van der Waals surface area contributed by atoms with E-state index in [0.717, 1.165) is 31.2 Å². The predicted molar refractivity (Wildman–Crippen MR) is 126 cm³/mol. The van der Waals surface area contributed by atoms with Crippen LogP contribution in [-0.2, 0) is 4.79 Å². The number of hydrogen-bond donors (Lipinski definition) is 1. The Hall–Kier alpha value is -3.19. The number of rotatable bonds is 3. The summed E-state index contributed by atoms with van der Waals surface area (Å²) in [5.74, 6) is -0.139. The Morgan fingerprint density at radius 2 is 1.74 bits per heavy atom.